The van der Waals surface area contributed by atoms with Crippen molar-refractivity contribution in [1.29, 1.82) is 0 Å². The smallest absolute Gasteiger partial charge is 0.338 e. The van der Waals surface area contributed by atoms with Gasteiger partial charge in [-0.3, -0.25) is 0 Å². The molecular weight excluding hydrogens is 236 g/mol. The molecule has 0 aliphatic heterocycles. The number of methoxy groups -OCH3 is 2. The minimum atomic E-state index is -1.02. The summed E-state index contributed by atoms with van der Waals surface area (Å²) in [6.45, 7) is 0. The summed E-state index contributed by atoms with van der Waals surface area (Å²) in [5.74, 6) is 0.192. The van der Waals surface area contributed by atoms with Crippen LogP contribution >= 0.6 is 0 Å². The Morgan fingerprint density at radius 3 is 2.67 bits per heavy atom. The third-order valence-corrected chi connectivity index (χ3v) is 2.46. The number of carbonyl (C=O) groups is 1. The first-order chi connectivity index (χ1) is 8.65. The topological polar surface area (TPSA) is 73.6 Å². The van der Waals surface area contributed by atoms with E-state index in [-0.39, 0.29) is 5.56 Å². The molecule has 2 rings (SSSR count). The molecule has 0 saturated heterocycles. The quantitative estimate of drug-likeness (QED) is 0.889. The van der Waals surface area contributed by atoms with Crippen LogP contribution in [0.15, 0.2) is 30.6 Å². The molecular formula is C12H12N2O4. The molecule has 0 atom stereocenters. The highest BCUT2D eigenvalue weighted by atomic mass is 16.5. The molecule has 2 aromatic rings. The molecule has 6 heteroatoms. The third kappa shape index (κ3) is 2.13. The van der Waals surface area contributed by atoms with Gasteiger partial charge in [-0.2, -0.15) is 5.10 Å². The third-order valence-electron chi connectivity index (χ3n) is 2.46. The fourth-order valence-electron chi connectivity index (χ4n) is 1.54. The Hall–Kier alpha value is -2.50. The monoisotopic (exact) mass is 248 g/mol. The van der Waals surface area contributed by atoms with Crippen molar-refractivity contribution in [2.24, 2.45) is 0 Å². The molecule has 0 bridgehead atoms. The molecule has 0 spiro atoms. The molecule has 18 heavy (non-hydrogen) atoms. The first-order valence-corrected chi connectivity index (χ1v) is 5.16. The van der Waals surface area contributed by atoms with Crippen molar-refractivity contribution in [3.8, 4) is 17.2 Å². The Morgan fingerprint density at radius 1 is 1.33 bits per heavy atom. The standard InChI is InChI=1S/C12H12N2O4/c1-17-9-3-4-11(18-2)10(5-9)14-7-8(6-13-14)12(15)16/h3-7H,1-2H3,(H,15,16). The van der Waals surface area contributed by atoms with E-state index in [2.05, 4.69) is 5.10 Å². The fraction of sp³-hybridized carbons (Fsp3) is 0.167. The number of aromatic nitrogens is 2. The number of ether oxygens (including phenoxy) is 2. The molecule has 94 valence electrons. The van der Waals surface area contributed by atoms with Gasteiger partial charge in [0, 0.05) is 12.3 Å². The predicted molar refractivity (Wildman–Crippen MR) is 63.6 cm³/mol. The summed E-state index contributed by atoms with van der Waals surface area (Å²) in [6.07, 6.45) is 2.70. The minimum Gasteiger partial charge on any atom is -0.497 e. The van der Waals surface area contributed by atoms with E-state index >= 15 is 0 Å². The van der Waals surface area contributed by atoms with Gasteiger partial charge in [0.25, 0.3) is 0 Å². The average Bonchev–Trinajstić information content (AvgIpc) is 2.87. The molecule has 1 N–H and O–H groups in total. The van der Waals surface area contributed by atoms with Crippen LogP contribution in [-0.2, 0) is 0 Å². The van der Waals surface area contributed by atoms with E-state index in [0.29, 0.717) is 17.2 Å². The van der Waals surface area contributed by atoms with Gasteiger partial charge in [0.1, 0.15) is 17.2 Å². The molecule has 0 saturated carbocycles. The van der Waals surface area contributed by atoms with E-state index in [1.165, 1.54) is 24.2 Å². The molecule has 0 aliphatic carbocycles. The van der Waals surface area contributed by atoms with Gasteiger partial charge in [0.05, 0.1) is 26.0 Å². The molecule has 0 aliphatic rings. The van der Waals surface area contributed by atoms with Crippen molar-refractivity contribution < 1.29 is 19.4 Å². The van der Waals surface area contributed by atoms with Crippen molar-refractivity contribution in [3.63, 3.8) is 0 Å². The fourth-order valence-corrected chi connectivity index (χ4v) is 1.54. The van der Waals surface area contributed by atoms with Gasteiger partial charge in [-0.15, -0.1) is 0 Å². The van der Waals surface area contributed by atoms with Crippen LogP contribution in [0.25, 0.3) is 5.69 Å². The highest BCUT2D eigenvalue weighted by Gasteiger charge is 2.11. The van der Waals surface area contributed by atoms with E-state index in [1.54, 1.807) is 25.3 Å². The summed E-state index contributed by atoms with van der Waals surface area (Å²) in [5.41, 5.74) is 0.726. The number of rotatable bonds is 4. The van der Waals surface area contributed by atoms with Crippen molar-refractivity contribution >= 4 is 5.97 Å². The normalized spacial score (nSPS) is 10.1. The SMILES string of the molecule is COc1ccc(OC)c(-n2cc(C(=O)O)cn2)c1. The molecule has 0 radical (unpaired) electrons. The van der Waals surface area contributed by atoms with Crippen LogP contribution in [0, 0.1) is 0 Å². The summed E-state index contributed by atoms with van der Waals surface area (Å²) < 4.78 is 11.8. The zero-order valence-corrected chi connectivity index (χ0v) is 9.95. The summed E-state index contributed by atoms with van der Waals surface area (Å²) in [4.78, 5) is 10.8. The second-order valence-corrected chi connectivity index (χ2v) is 3.52. The number of aromatic carboxylic acids is 1. The number of hydrogen-bond acceptors (Lipinski definition) is 4. The van der Waals surface area contributed by atoms with Gasteiger partial charge >= 0.3 is 5.97 Å². The van der Waals surface area contributed by atoms with Gasteiger partial charge in [-0.25, -0.2) is 9.48 Å². The number of hydrogen-bond donors (Lipinski definition) is 1. The Labute approximate surface area is 103 Å². The van der Waals surface area contributed by atoms with E-state index in [4.69, 9.17) is 14.6 Å². The maximum atomic E-state index is 10.8. The average molecular weight is 248 g/mol. The van der Waals surface area contributed by atoms with Crippen LogP contribution in [0.3, 0.4) is 0 Å². The number of nitrogens with zero attached hydrogens (tertiary/aromatic N) is 2. The lowest BCUT2D eigenvalue weighted by Crippen LogP contribution is -1.99. The second-order valence-electron chi connectivity index (χ2n) is 3.52. The van der Waals surface area contributed by atoms with Crippen LogP contribution in [0.2, 0.25) is 0 Å². The highest BCUT2D eigenvalue weighted by Crippen LogP contribution is 2.27. The van der Waals surface area contributed by atoms with Crippen LogP contribution < -0.4 is 9.47 Å². The summed E-state index contributed by atoms with van der Waals surface area (Å²) in [5, 5.41) is 12.9. The molecule has 1 heterocycles. The van der Waals surface area contributed by atoms with Crippen LogP contribution in [0.4, 0.5) is 0 Å². The number of benzene rings is 1. The maximum Gasteiger partial charge on any atom is 0.338 e. The molecule has 0 fully saturated rings. The molecule has 0 unspecified atom stereocenters. The molecule has 1 aromatic heterocycles. The summed E-state index contributed by atoms with van der Waals surface area (Å²) >= 11 is 0. The van der Waals surface area contributed by atoms with E-state index in [9.17, 15) is 4.79 Å². The van der Waals surface area contributed by atoms with Gasteiger partial charge in [-0.05, 0) is 12.1 Å². The summed E-state index contributed by atoms with van der Waals surface area (Å²) in [6, 6.07) is 5.21. The van der Waals surface area contributed by atoms with Gasteiger partial charge in [0.15, 0.2) is 0 Å². The van der Waals surface area contributed by atoms with Crippen molar-refractivity contribution in [2.75, 3.05) is 14.2 Å². The Bertz CT molecular complexity index is 577. The largest absolute Gasteiger partial charge is 0.497 e. The minimum absolute atomic E-state index is 0.111. The molecule has 0 amide bonds. The molecule has 6 nitrogen and oxygen atoms in total. The van der Waals surface area contributed by atoms with Gasteiger partial charge in [0.2, 0.25) is 0 Å². The second kappa shape index (κ2) is 4.79. The van der Waals surface area contributed by atoms with Crippen molar-refractivity contribution in [2.45, 2.75) is 0 Å². The number of carboxylic acids is 1. The molecule has 1 aromatic carbocycles. The number of carboxylic acid groups (broad SMARTS) is 1. The van der Waals surface area contributed by atoms with Crippen molar-refractivity contribution in [3.05, 3.63) is 36.2 Å². The lowest BCUT2D eigenvalue weighted by molar-refractivity contribution is 0.0697. The van der Waals surface area contributed by atoms with Crippen LogP contribution in [0.5, 0.6) is 11.5 Å². The zero-order valence-electron chi connectivity index (χ0n) is 9.95. The van der Waals surface area contributed by atoms with Crippen LogP contribution in [0.1, 0.15) is 10.4 Å². The highest BCUT2D eigenvalue weighted by molar-refractivity contribution is 5.87. The maximum absolute atomic E-state index is 10.8. The van der Waals surface area contributed by atoms with E-state index in [0.717, 1.165) is 0 Å². The van der Waals surface area contributed by atoms with Gasteiger partial charge < -0.3 is 14.6 Å². The van der Waals surface area contributed by atoms with E-state index in [1.807, 2.05) is 0 Å². The van der Waals surface area contributed by atoms with Gasteiger partial charge in [-0.1, -0.05) is 0 Å². The summed E-state index contributed by atoms with van der Waals surface area (Å²) in [7, 11) is 3.09. The lowest BCUT2D eigenvalue weighted by Gasteiger charge is -2.09. The van der Waals surface area contributed by atoms with Crippen molar-refractivity contribution in [1.82, 2.24) is 9.78 Å². The Balaban J connectivity index is 2.50. The first kappa shape index (κ1) is 12.0. The lowest BCUT2D eigenvalue weighted by atomic mass is 10.2. The van der Waals surface area contributed by atoms with Crippen LogP contribution in [-0.4, -0.2) is 35.1 Å². The predicted octanol–water partition coefficient (Wildman–Crippen LogP) is 1.59. The van der Waals surface area contributed by atoms with E-state index < -0.39 is 5.97 Å². The zero-order chi connectivity index (χ0) is 13.1. The Morgan fingerprint density at radius 2 is 2.11 bits per heavy atom. The first-order valence-electron chi connectivity index (χ1n) is 5.16. The Kier molecular flexibility index (Phi) is 3.18.